The molecule has 0 bridgehead atoms. The Morgan fingerprint density at radius 2 is 1.35 bits per heavy atom. The summed E-state index contributed by atoms with van der Waals surface area (Å²) in [5, 5.41) is 10.2. The van der Waals surface area contributed by atoms with E-state index in [2.05, 4.69) is 9.47 Å². The molecule has 0 aliphatic heterocycles. The summed E-state index contributed by atoms with van der Waals surface area (Å²) in [5.74, 6) is -5.57. The van der Waals surface area contributed by atoms with E-state index in [0.29, 0.717) is 12.8 Å². The lowest BCUT2D eigenvalue weighted by molar-refractivity contribution is -0.180. The zero-order valence-corrected chi connectivity index (χ0v) is 13.2. The van der Waals surface area contributed by atoms with Gasteiger partial charge in [-0.25, -0.2) is 4.79 Å². The second kappa shape index (κ2) is 9.67. The second-order valence-electron chi connectivity index (χ2n) is 4.81. The second-order valence-corrected chi connectivity index (χ2v) is 4.81. The molecule has 0 atom stereocenters. The molecule has 0 unspecified atom stereocenters. The lowest BCUT2D eigenvalue weighted by Crippen LogP contribution is -2.45. The van der Waals surface area contributed by atoms with E-state index < -0.39 is 48.3 Å². The molecule has 0 saturated heterocycles. The van der Waals surface area contributed by atoms with E-state index in [4.69, 9.17) is 4.74 Å². The Morgan fingerprint density at radius 1 is 0.913 bits per heavy atom. The van der Waals surface area contributed by atoms with Gasteiger partial charge in [-0.15, -0.1) is 0 Å². The van der Waals surface area contributed by atoms with Gasteiger partial charge in [-0.1, -0.05) is 13.3 Å². The summed E-state index contributed by atoms with van der Waals surface area (Å²) < 4.78 is 13.2. The number of esters is 5. The molecule has 0 aromatic rings. The summed E-state index contributed by atoms with van der Waals surface area (Å²) in [5.41, 5.74) is -2.59. The van der Waals surface area contributed by atoms with Gasteiger partial charge in [-0.3, -0.25) is 19.2 Å². The minimum atomic E-state index is -2.59. The largest absolute Gasteiger partial charge is 0.464 e. The summed E-state index contributed by atoms with van der Waals surface area (Å²) in [4.78, 5) is 56.3. The predicted molar refractivity (Wildman–Crippen MR) is 73.6 cm³/mol. The van der Waals surface area contributed by atoms with Crippen molar-refractivity contribution in [1.29, 1.82) is 0 Å². The van der Waals surface area contributed by atoms with Crippen LogP contribution < -0.4 is 0 Å². The molecule has 0 aromatic heterocycles. The summed E-state index contributed by atoms with van der Waals surface area (Å²) in [6.07, 6.45) is -0.767. The molecule has 130 valence electrons. The summed E-state index contributed by atoms with van der Waals surface area (Å²) >= 11 is 0. The molecular formula is C14H20O9. The molecule has 0 aliphatic rings. The Bertz CT molecular complexity index is 451. The molecule has 0 rings (SSSR count). The number of aliphatic hydroxyl groups is 1. The van der Waals surface area contributed by atoms with Crippen molar-refractivity contribution in [3.05, 3.63) is 0 Å². The number of carbonyl (C=O) groups is 5. The zero-order chi connectivity index (χ0) is 18.0. The summed E-state index contributed by atoms with van der Waals surface area (Å²) in [6.45, 7) is 3.73. The SMILES string of the molecule is CCCCOC(=O)C(O)(CC(=O)OC(C)=O)CC(=O)OC(C)=O. The minimum absolute atomic E-state index is 0.0266. The first-order valence-electron chi connectivity index (χ1n) is 6.92. The number of unbranched alkanes of at least 4 members (excludes halogenated alkanes) is 1. The Kier molecular flexibility index (Phi) is 8.71. The van der Waals surface area contributed by atoms with E-state index in [-0.39, 0.29) is 6.61 Å². The highest BCUT2D eigenvalue weighted by atomic mass is 16.6. The van der Waals surface area contributed by atoms with Crippen LogP contribution in [0.4, 0.5) is 0 Å². The van der Waals surface area contributed by atoms with Crippen molar-refractivity contribution in [2.24, 2.45) is 0 Å². The van der Waals surface area contributed by atoms with Crippen molar-refractivity contribution in [2.45, 2.75) is 52.1 Å². The van der Waals surface area contributed by atoms with Crippen LogP contribution >= 0.6 is 0 Å². The molecule has 9 heteroatoms. The summed E-state index contributed by atoms with van der Waals surface area (Å²) in [6, 6.07) is 0. The maximum absolute atomic E-state index is 11.9. The smallest absolute Gasteiger partial charge is 0.339 e. The summed E-state index contributed by atoms with van der Waals surface area (Å²) in [7, 11) is 0. The fourth-order valence-electron chi connectivity index (χ4n) is 1.52. The normalized spacial score (nSPS) is 10.6. The quantitative estimate of drug-likeness (QED) is 0.282. The van der Waals surface area contributed by atoms with Crippen LogP contribution in [0.15, 0.2) is 0 Å². The van der Waals surface area contributed by atoms with Gasteiger partial charge in [0.25, 0.3) is 0 Å². The molecule has 0 heterocycles. The topological polar surface area (TPSA) is 133 Å². The van der Waals surface area contributed by atoms with Gasteiger partial charge in [0.2, 0.25) is 0 Å². The van der Waals surface area contributed by atoms with Gasteiger partial charge < -0.3 is 19.3 Å². The monoisotopic (exact) mass is 332 g/mol. The number of hydrogen-bond donors (Lipinski definition) is 1. The van der Waals surface area contributed by atoms with Crippen molar-refractivity contribution >= 4 is 29.8 Å². The van der Waals surface area contributed by atoms with Gasteiger partial charge in [-0.2, -0.15) is 0 Å². The van der Waals surface area contributed by atoms with Crippen molar-refractivity contribution in [2.75, 3.05) is 6.61 Å². The highest BCUT2D eigenvalue weighted by molar-refractivity contribution is 5.94. The average Bonchev–Trinajstić information content (AvgIpc) is 2.35. The van der Waals surface area contributed by atoms with Crippen LogP contribution in [0.1, 0.15) is 46.5 Å². The van der Waals surface area contributed by atoms with Crippen molar-refractivity contribution in [3.8, 4) is 0 Å². The van der Waals surface area contributed by atoms with Gasteiger partial charge in [0.15, 0.2) is 5.60 Å². The van der Waals surface area contributed by atoms with Crippen LogP contribution in [0.25, 0.3) is 0 Å². The maximum atomic E-state index is 11.9. The van der Waals surface area contributed by atoms with Crippen LogP contribution in [0.3, 0.4) is 0 Å². The molecule has 0 aromatic carbocycles. The molecule has 0 fully saturated rings. The maximum Gasteiger partial charge on any atom is 0.339 e. The molecule has 0 spiro atoms. The van der Waals surface area contributed by atoms with Crippen molar-refractivity contribution in [3.63, 3.8) is 0 Å². The Labute approximate surface area is 132 Å². The highest BCUT2D eigenvalue weighted by Crippen LogP contribution is 2.20. The first-order chi connectivity index (χ1) is 10.6. The number of carbonyl (C=O) groups excluding carboxylic acids is 5. The molecule has 0 saturated carbocycles. The molecule has 0 radical (unpaired) electrons. The third-order valence-corrected chi connectivity index (χ3v) is 2.50. The van der Waals surface area contributed by atoms with Crippen molar-refractivity contribution in [1.82, 2.24) is 0 Å². The van der Waals surface area contributed by atoms with Gasteiger partial charge in [0.05, 0.1) is 19.4 Å². The molecule has 9 nitrogen and oxygen atoms in total. The number of ether oxygens (including phenoxy) is 3. The average molecular weight is 332 g/mol. The highest BCUT2D eigenvalue weighted by Gasteiger charge is 2.43. The minimum Gasteiger partial charge on any atom is -0.464 e. The van der Waals surface area contributed by atoms with Gasteiger partial charge in [-0.05, 0) is 6.42 Å². The van der Waals surface area contributed by atoms with Gasteiger partial charge in [0, 0.05) is 13.8 Å². The number of rotatable bonds is 8. The van der Waals surface area contributed by atoms with Crippen LogP contribution in [-0.2, 0) is 38.2 Å². The fraction of sp³-hybridized carbons (Fsp3) is 0.643. The lowest BCUT2D eigenvalue weighted by Gasteiger charge is -2.23. The van der Waals surface area contributed by atoms with E-state index in [1.54, 1.807) is 0 Å². The Balaban J connectivity index is 5.04. The molecular weight excluding hydrogens is 312 g/mol. The van der Waals surface area contributed by atoms with E-state index >= 15 is 0 Å². The first kappa shape index (κ1) is 20.7. The molecule has 23 heavy (non-hydrogen) atoms. The third kappa shape index (κ3) is 8.67. The van der Waals surface area contributed by atoms with Crippen LogP contribution in [0.2, 0.25) is 0 Å². The third-order valence-electron chi connectivity index (χ3n) is 2.50. The van der Waals surface area contributed by atoms with Gasteiger partial charge in [0.1, 0.15) is 0 Å². The van der Waals surface area contributed by atoms with E-state index in [1.807, 2.05) is 6.92 Å². The van der Waals surface area contributed by atoms with E-state index in [1.165, 1.54) is 0 Å². The van der Waals surface area contributed by atoms with Crippen LogP contribution in [-0.4, -0.2) is 47.2 Å². The van der Waals surface area contributed by atoms with E-state index in [9.17, 15) is 29.1 Å². The van der Waals surface area contributed by atoms with E-state index in [0.717, 1.165) is 13.8 Å². The Hall–Kier alpha value is -2.29. The van der Waals surface area contributed by atoms with Crippen LogP contribution in [0, 0.1) is 0 Å². The molecule has 1 N–H and O–H groups in total. The fourth-order valence-corrected chi connectivity index (χ4v) is 1.52. The first-order valence-corrected chi connectivity index (χ1v) is 6.92. The van der Waals surface area contributed by atoms with Crippen LogP contribution in [0.5, 0.6) is 0 Å². The Morgan fingerprint density at radius 3 is 1.70 bits per heavy atom. The zero-order valence-electron chi connectivity index (χ0n) is 13.2. The van der Waals surface area contributed by atoms with Crippen molar-refractivity contribution < 1.29 is 43.3 Å². The predicted octanol–water partition coefficient (Wildman–Crippen LogP) is 0.0204. The lowest BCUT2D eigenvalue weighted by atomic mass is 9.95. The number of hydrogen-bond acceptors (Lipinski definition) is 9. The molecule has 0 amide bonds. The molecule has 0 aliphatic carbocycles. The van der Waals surface area contributed by atoms with Gasteiger partial charge >= 0.3 is 29.8 Å². The standard InChI is InChI=1S/C14H20O9/c1-4-5-6-21-13(19)14(20,7-11(17)22-9(2)15)8-12(18)23-10(3)16/h20H,4-8H2,1-3H3.